The zero-order valence-corrected chi connectivity index (χ0v) is 10.0. The van der Waals surface area contributed by atoms with Crippen molar-refractivity contribution < 1.29 is 14.9 Å². The van der Waals surface area contributed by atoms with Crippen LogP contribution in [-0.4, -0.2) is 44.5 Å². The first-order chi connectivity index (χ1) is 9.01. The quantitative estimate of drug-likeness (QED) is 0.359. The van der Waals surface area contributed by atoms with Crippen molar-refractivity contribution >= 4 is 11.8 Å². The number of ether oxygens (including phenoxy) is 1. The third-order valence-corrected chi connectivity index (χ3v) is 2.75. The highest BCUT2D eigenvalue weighted by molar-refractivity contribution is 5.78. The van der Waals surface area contributed by atoms with Gasteiger partial charge in [-0.3, -0.25) is 4.57 Å². The van der Waals surface area contributed by atoms with Gasteiger partial charge >= 0.3 is 5.69 Å². The van der Waals surface area contributed by atoms with Crippen molar-refractivity contribution in [1.29, 1.82) is 0 Å². The van der Waals surface area contributed by atoms with E-state index in [2.05, 4.69) is 9.98 Å². The molecule has 0 aliphatic carbocycles. The van der Waals surface area contributed by atoms with E-state index in [4.69, 9.17) is 21.3 Å². The molecule has 0 amide bonds. The number of guanidine groups is 1. The Morgan fingerprint density at radius 2 is 2.37 bits per heavy atom. The molecule has 2 rings (SSSR count). The normalized spacial score (nSPS) is 26.3. The first-order valence-corrected chi connectivity index (χ1v) is 5.64. The number of hydrogen-bond acceptors (Lipinski definition) is 6. The lowest BCUT2D eigenvalue weighted by Gasteiger charge is -2.13. The summed E-state index contributed by atoms with van der Waals surface area (Å²) in [5, 5.41) is 18.6. The third kappa shape index (κ3) is 2.89. The van der Waals surface area contributed by atoms with E-state index in [0.29, 0.717) is 0 Å². The van der Waals surface area contributed by atoms with E-state index in [-0.39, 0.29) is 24.8 Å². The lowest BCUT2D eigenvalue weighted by molar-refractivity contribution is -0.0458. The van der Waals surface area contributed by atoms with E-state index in [1.54, 1.807) is 0 Å². The molecule has 9 heteroatoms. The summed E-state index contributed by atoms with van der Waals surface area (Å²) in [6.45, 7) is -0.314. The third-order valence-electron chi connectivity index (χ3n) is 2.75. The molecule has 1 aliphatic heterocycles. The Hall–Kier alpha value is -1.97. The fraction of sp³-hybridized carbons (Fsp3) is 0.500. The van der Waals surface area contributed by atoms with Crippen LogP contribution in [0.15, 0.2) is 22.1 Å². The summed E-state index contributed by atoms with van der Waals surface area (Å²) in [5.41, 5.74) is 9.77. The Balaban J connectivity index is 2.23. The van der Waals surface area contributed by atoms with E-state index in [1.807, 2.05) is 0 Å². The highest BCUT2D eigenvalue weighted by atomic mass is 16.5. The van der Waals surface area contributed by atoms with Crippen LogP contribution in [0.25, 0.3) is 0 Å². The second-order valence-electron chi connectivity index (χ2n) is 4.13. The summed E-state index contributed by atoms with van der Waals surface area (Å²) in [4.78, 5) is 19.1. The summed E-state index contributed by atoms with van der Waals surface area (Å²) in [7, 11) is 0. The highest BCUT2D eigenvalue weighted by Crippen LogP contribution is 2.27. The van der Waals surface area contributed by atoms with Crippen LogP contribution < -0.4 is 17.2 Å². The second-order valence-corrected chi connectivity index (χ2v) is 4.13. The average molecular weight is 269 g/mol. The topological polar surface area (TPSA) is 149 Å². The summed E-state index contributed by atoms with van der Waals surface area (Å²) in [6, 6.07) is 1.45. The molecule has 1 aliphatic rings. The van der Waals surface area contributed by atoms with Gasteiger partial charge in [-0.1, -0.05) is 0 Å². The van der Waals surface area contributed by atoms with Crippen LogP contribution in [0.5, 0.6) is 0 Å². The van der Waals surface area contributed by atoms with Crippen molar-refractivity contribution in [1.82, 2.24) is 9.55 Å². The maximum Gasteiger partial charge on any atom is 0.351 e. The van der Waals surface area contributed by atoms with Crippen molar-refractivity contribution in [2.75, 3.05) is 6.61 Å². The summed E-state index contributed by atoms with van der Waals surface area (Å²) in [5.74, 6) is -0.101. The predicted octanol–water partition coefficient (Wildman–Crippen LogP) is -2.21. The maximum absolute atomic E-state index is 11.8. The molecule has 0 radical (unpaired) electrons. The van der Waals surface area contributed by atoms with Crippen LogP contribution in [-0.2, 0) is 4.74 Å². The molecule has 19 heavy (non-hydrogen) atoms. The lowest BCUT2D eigenvalue weighted by Crippen LogP contribution is -2.27. The number of aromatic nitrogens is 2. The number of hydrogen-bond donors (Lipinski definition) is 4. The molecule has 3 atom stereocenters. The highest BCUT2D eigenvalue weighted by Gasteiger charge is 2.34. The van der Waals surface area contributed by atoms with Crippen LogP contribution in [0.3, 0.4) is 0 Å². The van der Waals surface area contributed by atoms with Crippen molar-refractivity contribution in [3.63, 3.8) is 0 Å². The standard InChI is InChI=1S/C10H15N5O4/c11-9(12)13-7-1-2-15(10(18)14-7)8-3-5(17)6(4-16)19-8/h1-2,5-6,8,16-17H,3-4H2,(H4,11,12,13,14,18)/t5-,6?,8-/m1/s1. The van der Waals surface area contributed by atoms with Gasteiger partial charge in [-0.05, 0) is 6.07 Å². The van der Waals surface area contributed by atoms with Crippen molar-refractivity contribution in [3.8, 4) is 0 Å². The lowest BCUT2D eigenvalue weighted by atomic mass is 10.2. The minimum atomic E-state index is -0.820. The van der Waals surface area contributed by atoms with Crippen LogP contribution in [0.2, 0.25) is 0 Å². The molecule has 1 fully saturated rings. The molecular weight excluding hydrogens is 254 g/mol. The summed E-state index contributed by atoms with van der Waals surface area (Å²) < 4.78 is 6.56. The number of aliphatic hydroxyl groups is 2. The van der Waals surface area contributed by atoms with E-state index < -0.39 is 24.1 Å². The largest absolute Gasteiger partial charge is 0.394 e. The SMILES string of the molecule is NC(N)=Nc1ccn([C@H]2C[C@@H](O)C(CO)O2)c(=O)n1. The van der Waals surface area contributed by atoms with E-state index in [1.165, 1.54) is 16.8 Å². The Labute approximate surface area is 108 Å². The van der Waals surface area contributed by atoms with Crippen molar-refractivity contribution in [2.45, 2.75) is 24.9 Å². The molecular formula is C10H15N5O4. The Morgan fingerprint density at radius 3 is 2.89 bits per heavy atom. The molecule has 0 saturated carbocycles. The molecule has 9 nitrogen and oxygen atoms in total. The van der Waals surface area contributed by atoms with Crippen LogP contribution >= 0.6 is 0 Å². The zero-order chi connectivity index (χ0) is 14.0. The minimum Gasteiger partial charge on any atom is -0.394 e. The number of rotatable bonds is 3. The van der Waals surface area contributed by atoms with Gasteiger partial charge in [0.25, 0.3) is 0 Å². The first kappa shape index (κ1) is 13.5. The molecule has 6 N–H and O–H groups in total. The number of aliphatic hydroxyl groups excluding tert-OH is 2. The summed E-state index contributed by atoms with van der Waals surface area (Å²) >= 11 is 0. The molecule has 0 spiro atoms. The smallest absolute Gasteiger partial charge is 0.351 e. The van der Waals surface area contributed by atoms with Crippen LogP contribution in [0, 0.1) is 0 Å². The number of nitrogens with zero attached hydrogens (tertiary/aromatic N) is 3. The molecule has 0 bridgehead atoms. The molecule has 104 valence electrons. The van der Waals surface area contributed by atoms with E-state index >= 15 is 0 Å². The summed E-state index contributed by atoms with van der Waals surface area (Å²) in [6.07, 6.45) is -0.558. The maximum atomic E-state index is 11.8. The number of aliphatic imine (C=N–C) groups is 1. The molecule has 1 saturated heterocycles. The van der Waals surface area contributed by atoms with E-state index in [9.17, 15) is 9.90 Å². The predicted molar refractivity (Wildman–Crippen MR) is 65.6 cm³/mol. The average Bonchev–Trinajstić information content (AvgIpc) is 2.69. The monoisotopic (exact) mass is 269 g/mol. The van der Waals surface area contributed by atoms with Gasteiger partial charge in [0, 0.05) is 12.6 Å². The van der Waals surface area contributed by atoms with Gasteiger partial charge in [0.1, 0.15) is 12.3 Å². The first-order valence-electron chi connectivity index (χ1n) is 5.64. The van der Waals surface area contributed by atoms with Gasteiger partial charge in [0.05, 0.1) is 12.7 Å². The van der Waals surface area contributed by atoms with Gasteiger partial charge in [-0.15, -0.1) is 0 Å². The Kier molecular flexibility index (Phi) is 3.79. The van der Waals surface area contributed by atoms with Crippen LogP contribution in [0.1, 0.15) is 12.6 Å². The van der Waals surface area contributed by atoms with Gasteiger partial charge in [0.15, 0.2) is 11.8 Å². The molecule has 2 heterocycles. The molecule has 1 aromatic rings. The van der Waals surface area contributed by atoms with Crippen LogP contribution in [0.4, 0.5) is 5.82 Å². The minimum absolute atomic E-state index is 0.0958. The molecule has 0 aromatic carbocycles. The Bertz CT molecular complexity index is 539. The zero-order valence-electron chi connectivity index (χ0n) is 10.0. The Morgan fingerprint density at radius 1 is 1.63 bits per heavy atom. The number of nitrogens with two attached hydrogens (primary N) is 2. The van der Waals surface area contributed by atoms with Gasteiger partial charge < -0.3 is 26.4 Å². The molecule has 1 aromatic heterocycles. The van der Waals surface area contributed by atoms with E-state index in [0.717, 1.165) is 0 Å². The van der Waals surface area contributed by atoms with Gasteiger partial charge in [0.2, 0.25) is 0 Å². The van der Waals surface area contributed by atoms with Crippen molar-refractivity contribution in [3.05, 3.63) is 22.7 Å². The fourth-order valence-electron chi connectivity index (χ4n) is 1.87. The fourth-order valence-corrected chi connectivity index (χ4v) is 1.87. The molecule has 1 unspecified atom stereocenters. The second kappa shape index (κ2) is 5.34. The van der Waals surface area contributed by atoms with Gasteiger partial charge in [-0.2, -0.15) is 9.98 Å². The van der Waals surface area contributed by atoms with Gasteiger partial charge in [-0.25, -0.2) is 4.79 Å². The van der Waals surface area contributed by atoms with Crippen molar-refractivity contribution in [2.24, 2.45) is 16.5 Å².